The molecule has 31 heavy (non-hydrogen) atoms. The second-order valence-electron chi connectivity index (χ2n) is 8.31. The summed E-state index contributed by atoms with van der Waals surface area (Å²) in [5.41, 5.74) is 10.5. The summed E-state index contributed by atoms with van der Waals surface area (Å²) in [5.74, 6) is 1.23. The van der Waals surface area contributed by atoms with Crippen LogP contribution in [0.3, 0.4) is 0 Å². The molecule has 0 bridgehead atoms. The Hall–Kier alpha value is -2.90. The van der Waals surface area contributed by atoms with Crippen LogP contribution in [0.2, 0.25) is 5.02 Å². The van der Waals surface area contributed by atoms with Crippen LogP contribution in [0.5, 0.6) is 0 Å². The van der Waals surface area contributed by atoms with E-state index in [4.69, 9.17) is 22.3 Å². The van der Waals surface area contributed by atoms with Crippen LogP contribution < -0.4 is 10.6 Å². The number of benzene rings is 1. The van der Waals surface area contributed by atoms with Gasteiger partial charge in [0.15, 0.2) is 5.65 Å². The van der Waals surface area contributed by atoms with E-state index in [1.54, 1.807) is 6.20 Å². The SMILES string of the molecule is Nc1nccc(Sc2ccc3nc(N4CC5(Cc6ccccc6C5)C4)cnc3n2)c1Cl. The summed E-state index contributed by atoms with van der Waals surface area (Å²) < 4.78 is 0. The van der Waals surface area contributed by atoms with Crippen LogP contribution in [-0.2, 0) is 12.8 Å². The number of hydrogen-bond donors (Lipinski definition) is 1. The van der Waals surface area contributed by atoms with E-state index >= 15 is 0 Å². The quantitative estimate of drug-likeness (QED) is 0.499. The number of aromatic nitrogens is 4. The number of hydrogen-bond acceptors (Lipinski definition) is 7. The molecule has 2 N–H and O–H groups in total. The summed E-state index contributed by atoms with van der Waals surface area (Å²) >= 11 is 7.69. The minimum absolute atomic E-state index is 0.314. The minimum atomic E-state index is 0.314. The van der Waals surface area contributed by atoms with Gasteiger partial charge < -0.3 is 10.6 Å². The molecule has 1 fully saturated rings. The van der Waals surface area contributed by atoms with Gasteiger partial charge in [0.25, 0.3) is 0 Å². The highest BCUT2D eigenvalue weighted by molar-refractivity contribution is 7.99. The van der Waals surface area contributed by atoms with E-state index in [-0.39, 0.29) is 0 Å². The van der Waals surface area contributed by atoms with Gasteiger partial charge in [-0.3, -0.25) is 0 Å². The Balaban J connectivity index is 1.20. The predicted molar refractivity (Wildman–Crippen MR) is 124 cm³/mol. The van der Waals surface area contributed by atoms with Gasteiger partial charge >= 0.3 is 0 Å². The molecule has 0 radical (unpaired) electrons. The Morgan fingerprint density at radius 2 is 1.74 bits per heavy atom. The van der Waals surface area contributed by atoms with Crippen LogP contribution in [0, 0.1) is 5.41 Å². The van der Waals surface area contributed by atoms with Gasteiger partial charge in [-0.2, -0.15) is 0 Å². The van der Waals surface area contributed by atoms with Crippen molar-refractivity contribution in [2.45, 2.75) is 22.8 Å². The Morgan fingerprint density at radius 1 is 0.968 bits per heavy atom. The maximum Gasteiger partial charge on any atom is 0.179 e. The minimum Gasteiger partial charge on any atom is -0.382 e. The largest absolute Gasteiger partial charge is 0.382 e. The highest BCUT2D eigenvalue weighted by Crippen LogP contribution is 2.45. The van der Waals surface area contributed by atoms with Crippen LogP contribution in [0.1, 0.15) is 11.1 Å². The van der Waals surface area contributed by atoms with Gasteiger partial charge in [-0.25, -0.2) is 19.9 Å². The van der Waals surface area contributed by atoms with E-state index in [2.05, 4.69) is 44.1 Å². The van der Waals surface area contributed by atoms with Gasteiger partial charge in [-0.15, -0.1) is 0 Å². The standard InChI is InChI=1S/C23H19ClN6S/c24-20-17(7-8-26-21(20)25)31-19-6-5-16-22(29-19)27-11-18(28-16)30-12-23(13-30)9-14-3-1-2-4-15(14)10-23/h1-8,11H,9-10,12-13H2,(H2,25,26). The van der Waals surface area contributed by atoms with Gasteiger partial charge in [0.2, 0.25) is 0 Å². The molecule has 0 unspecified atom stereocenters. The molecular weight excluding hydrogens is 428 g/mol. The molecule has 3 aromatic heterocycles. The number of fused-ring (bicyclic) bond motifs is 2. The molecule has 0 amide bonds. The van der Waals surface area contributed by atoms with Gasteiger partial charge in [-0.1, -0.05) is 47.6 Å². The molecule has 6 rings (SSSR count). The lowest BCUT2D eigenvalue weighted by Crippen LogP contribution is -2.57. The molecule has 4 heterocycles. The summed E-state index contributed by atoms with van der Waals surface area (Å²) in [6, 6.07) is 14.5. The van der Waals surface area contributed by atoms with E-state index in [0.717, 1.165) is 47.2 Å². The molecule has 1 aliphatic carbocycles. The van der Waals surface area contributed by atoms with Crippen LogP contribution in [0.15, 0.2) is 64.8 Å². The third-order valence-corrected chi connectivity index (χ3v) is 7.59. The molecule has 2 aliphatic rings. The fourth-order valence-corrected chi connectivity index (χ4v) is 5.69. The lowest BCUT2D eigenvalue weighted by molar-refractivity contribution is 0.227. The van der Waals surface area contributed by atoms with Crippen LogP contribution in [0.25, 0.3) is 11.2 Å². The maximum atomic E-state index is 6.25. The second kappa shape index (κ2) is 7.07. The average Bonchev–Trinajstić information content (AvgIpc) is 3.16. The van der Waals surface area contributed by atoms with Crippen LogP contribution in [-0.4, -0.2) is 33.0 Å². The van der Waals surface area contributed by atoms with Crippen LogP contribution in [0.4, 0.5) is 11.6 Å². The molecule has 1 saturated heterocycles. The maximum absolute atomic E-state index is 6.25. The summed E-state index contributed by atoms with van der Waals surface area (Å²) in [6.07, 6.45) is 5.78. The summed E-state index contributed by atoms with van der Waals surface area (Å²) in [4.78, 5) is 21.2. The molecule has 8 heteroatoms. The molecule has 1 aromatic carbocycles. The number of halogens is 1. The van der Waals surface area contributed by atoms with Crippen molar-refractivity contribution in [3.63, 3.8) is 0 Å². The smallest absolute Gasteiger partial charge is 0.179 e. The van der Waals surface area contributed by atoms with Crippen molar-refractivity contribution in [2.75, 3.05) is 23.7 Å². The van der Waals surface area contributed by atoms with E-state index in [1.807, 2.05) is 24.4 Å². The average molecular weight is 447 g/mol. The Morgan fingerprint density at radius 3 is 2.52 bits per heavy atom. The highest BCUT2D eigenvalue weighted by atomic mass is 35.5. The lowest BCUT2D eigenvalue weighted by Gasteiger charge is -2.48. The van der Waals surface area contributed by atoms with Crippen molar-refractivity contribution in [3.8, 4) is 0 Å². The first-order valence-corrected chi connectivity index (χ1v) is 11.3. The predicted octanol–water partition coefficient (Wildman–Crippen LogP) is 4.41. The number of nitrogens with zero attached hydrogens (tertiary/aromatic N) is 5. The highest BCUT2D eigenvalue weighted by Gasteiger charge is 2.47. The first kappa shape index (κ1) is 18.8. The van der Waals surface area contributed by atoms with E-state index < -0.39 is 0 Å². The monoisotopic (exact) mass is 446 g/mol. The fourth-order valence-electron chi connectivity index (χ4n) is 4.64. The van der Waals surface area contributed by atoms with Gasteiger partial charge in [0, 0.05) is 29.6 Å². The Bertz CT molecular complexity index is 1290. The van der Waals surface area contributed by atoms with Crippen molar-refractivity contribution >= 4 is 46.2 Å². The van der Waals surface area contributed by atoms with Crippen LogP contribution >= 0.6 is 23.4 Å². The van der Waals surface area contributed by atoms with Gasteiger partial charge in [0.05, 0.1) is 11.2 Å². The molecule has 154 valence electrons. The number of nitrogens with two attached hydrogens (primary N) is 1. The third kappa shape index (κ3) is 3.28. The summed E-state index contributed by atoms with van der Waals surface area (Å²) in [5, 5.41) is 1.23. The first-order chi connectivity index (χ1) is 15.1. The molecule has 0 saturated carbocycles. The summed E-state index contributed by atoms with van der Waals surface area (Å²) in [7, 11) is 0. The van der Waals surface area contributed by atoms with Gasteiger partial charge in [-0.05, 0) is 42.2 Å². The zero-order valence-corrected chi connectivity index (χ0v) is 18.2. The number of nitrogen functional groups attached to an aromatic ring is 1. The topological polar surface area (TPSA) is 80.8 Å². The molecule has 4 aromatic rings. The molecule has 1 aliphatic heterocycles. The molecule has 6 nitrogen and oxygen atoms in total. The number of rotatable bonds is 3. The molecule has 1 spiro atoms. The van der Waals surface area contributed by atoms with Crippen molar-refractivity contribution < 1.29 is 0 Å². The normalized spacial score (nSPS) is 16.5. The van der Waals surface area contributed by atoms with E-state index in [9.17, 15) is 0 Å². The molecule has 0 atom stereocenters. The Kier molecular flexibility index (Phi) is 4.30. The first-order valence-electron chi connectivity index (χ1n) is 10.1. The molecular formula is C23H19ClN6S. The van der Waals surface area contributed by atoms with E-state index in [1.165, 1.54) is 22.9 Å². The Labute approximate surface area is 188 Å². The number of anilines is 2. The zero-order valence-electron chi connectivity index (χ0n) is 16.6. The number of pyridine rings is 2. The van der Waals surface area contributed by atoms with Crippen molar-refractivity contribution in [2.24, 2.45) is 5.41 Å². The lowest BCUT2D eigenvalue weighted by atomic mass is 9.77. The van der Waals surface area contributed by atoms with Crippen molar-refractivity contribution in [3.05, 3.63) is 71.0 Å². The summed E-state index contributed by atoms with van der Waals surface area (Å²) in [6.45, 7) is 2.04. The van der Waals surface area contributed by atoms with Gasteiger partial charge in [0.1, 0.15) is 22.2 Å². The fraction of sp³-hybridized carbons (Fsp3) is 0.217. The van der Waals surface area contributed by atoms with E-state index in [0.29, 0.717) is 21.9 Å². The third-order valence-electron chi connectivity index (χ3n) is 6.09. The van der Waals surface area contributed by atoms with Crippen molar-refractivity contribution in [1.82, 2.24) is 19.9 Å². The van der Waals surface area contributed by atoms with Crippen molar-refractivity contribution in [1.29, 1.82) is 0 Å². The zero-order chi connectivity index (χ0) is 21.0. The second-order valence-corrected chi connectivity index (χ2v) is 9.75.